The molecule has 8 heteroatoms. The van der Waals surface area contributed by atoms with Gasteiger partial charge in [-0.1, -0.05) is 6.92 Å². The number of nitrogens with one attached hydrogen (secondary N) is 1. The van der Waals surface area contributed by atoms with Gasteiger partial charge in [0.1, 0.15) is 11.6 Å². The van der Waals surface area contributed by atoms with Crippen LogP contribution in [0.2, 0.25) is 0 Å². The van der Waals surface area contributed by atoms with Crippen molar-refractivity contribution >= 4 is 40.0 Å². The fourth-order valence-corrected chi connectivity index (χ4v) is 4.07. The van der Waals surface area contributed by atoms with Crippen molar-refractivity contribution < 1.29 is 19.4 Å². The van der Waals surface area contributed by atoms with E-state index in [9.17, 15) is 14.7 Å². The topological polar surface area (TPSA) is 95.0 Å². The first-order chi connectivity index (χ1) is 16.0. The Labute approximate surface area is 192 Å². The molecule has 8 nitrogen and oxygen atoms in total. The summed E-state index contributed by atoms with van der Waals surface area (Å²) in [6.45, 7) is 5.00. The number of amides is 1. The van der Waals surface area contributed by atoms with Crippen LogP contribution in [-0.4, -0.2) is 55.3 Å². The van der Waals surface area contributed by atoms with Gasteiger partial charge in [-0.15, -0.1) is 0 Å². The molecule has 0 bridgehead atoms. The van der Waals surface area contributed by atoms with Crippen LogP contribution in [0.3, 0.4) is 0 Å². The van der Waals surface area contributed by atoms with Crippen LogP contribution < -0.4 is 19.9 Å². The number of aromatic nitrogens is 1. The molecule has 4 rings (SSSR count). The van der Waals surface area contributed by atoms with E-state index in [4.69, 9.17) is 9.72 Å². The molecular weight excluding hydrogens is 420 g/mol. The monoisotopic (exact) mass is 448 g/mol. The Morgan fingerprint density at radius 3 is 2.36 bits per heavy atom. The van der Waals surface area contributed by atoms with Crippen LogP contribution in [0, 0.1) is 0 Å². The molecule has 3 aromatic rings. The number of carbonyl (C=O) groups is 2. The third-order valence-electron chi connectivity index (χ3n) is 5.83. The molecule has 0 saturated carbocycles. The summed E-state index contributed by atoms with van der Waals surface area (Å²) < 4.78 is 5.23. The Morgan fingerprint density at radius 2 is 1.73 bits per heavy atom. The first kappa shape index (κ1) is 22.4. The standard InChI is InChI=1S/C25H28N4O4/c1-3-4-24(30)26-17-5-10-22-20(15-17)21(25(31)32)16-23(27-22)29-13-11-28(12-14-29)18-6-8-19(33-2)9-7-18/h5-10,15-16H,3-4,11-14H2,1-2H3,(H,26,30)(H,31,32). The molecule has 0 radical (unpaired) electrons. The quantitative estimate of drug-likeness (QED) is 0.564. The third kappa shape index (κ3) is 5.00. The minimum atomic E-state index is -1.02. The van der Waals surface area contributed by atoms with Crippen LogP contribution in [-0.2, 0) is 4.79 Å². The van der Waals surface area contributed by atoms with Crippen LogP contribution in [0.5, 0.6) is 5.75 Å². The van der Waals surface area contributed by atoms with E-state index >= 15 is 0 Å². The molecule has 0 aliphatic carbocycles. The maximum atomic E-state index is 12.0. The van der Waals surface area contributed by atoms with Gasteiger partial charge >= 0.3 is 5.97 Å². The molecule has 1 aliphatic heterocycles. The highest BCUT2D eigenvalue weighted by Gasteiger charge is 2.21. The van der Waals surface area contributed by atoms with Crippen molar-refractivity contribution in [3.8, 4) is 5.75 Å². The Bertz CT molecular complexity index is 1160. The van der Waals surface area contributed by atoms with Gasteiger partial charge in [0.15, 0.2) is 0 Å². The van der Waals surface area contributed by atoms with Gasteiger partial charge in [-0.05, 0) is 55.0 Å². The van der Waals surface area contributed by atoms with E-state index in [1.807, 2.05) is 31.2 Å². The number of hydrogen-bond donors (Lipinski definition) is 2. The van der Waals surface area contributed by atoms with Gasteiger partial charge < -0.3 is 25.0 Å². The molecule has 1 amide bonds. The molecule has 2 aromatic carbocycles. The van der Waals surface area contributed by atoms with E-state index in [-0.39, 0.29) is 11.5 Å². The summed E-state index contributed by atoms with van der Waals surface area (Å²) in [7, 11) is 1.65. The first-order valence-corrected chi connectivity index (χ1v) is 11.1. The average molecular weight is 449 g/mol. The number of rotatable bonds is 7. The zero-order valence-electron chi connectivity index (χ0n) is 18.9. The van der Waals surface area contributed by atoms with Crippen molar-refractivity contribution in [3.05, 3.63) is 54.1 Å². The highest BCUT2D eigenvalue weighted by atomic mass is 16.5. The van der Waals surface area contributed by atoms with Gasteiger partial charge in [-0.3, -0.25) is 4.79 Å². The molecule has 1 aromatic heterocycles. The van der Waals surface area contributed by atoms with E-state index in [0.717, 1.165) is 44.0 Å². The number of hydrogen-bond acceptors (Lipinski definition) is 6. The zero-order valence-corrected chi connectivity index (χ0v) is 18.9. The fourth-order valence-electron chi connectivity index (χ4n) is 4.07. The zero-order chi connectivity index (χ0) is 23.4. The predicted octanol–water partition coefficient (Wildman–Crippen LogP) is 4.01. The summed E-state index contributed by atoms with van der Waals surface area (Å²) in [5, 5.41) is 13.2. The van der Waals surface area contributed by atoms with Crippen molar-refractivity contribution in [1.29, 1.82) is 0 Å². The number of methoxy groups -OCH3 is 1. The molecule has 0 atom stereocenters. The number of carboxylic acids is 1. The Balaban J connectivity index is 1.54. The van der Waals surface area contributed by atoms with Gasteiger partial charge in [-0.2, -0.15) is 0 Å². The third-order valence-corrected chi connectivity index (χ3v) is 5.83. The lowest BCUT2D eigenvalue weighted by atomic mass is 10.1. The maximum absolute atomic E-state index is 12.0. The Morgan fingerprint density at radius 1 is 1.03 bits per heavy atom. The predicted molar refractivity (Wildman–Crippen MR) is 130 cm³/mol. The van der Waals surface area contributed by atoms with Crippen LogP contribution in [0.1, 0.15) is 30.1 Å². The molecule has 1 aliphatic rings. The van der Waals surface area contributed by atoms with E-state index in [1.54, 1.807) is 31.4 Å². The second-order valence-electron chi connectivity index (χ2n) is 8.04. The van der Waals surface area contributed by atoms with E-state index in [1.165, 1.54) is 0 Å². The largest absolute Gasteiger partial charge is 0.497 e. The molecule has 1 fully saturated rings. The number of carbonyl (C=O) groups excluding carboxylic acids is 1. The molecule has 1 saturated heterocycles. The highest BCUT2D eigenvalue weighted by molar-refractivity contribution is 6.05. The van der Waals surface area contributed by atoms with Crippen LogP contribution >= 0.6 is 0 Å². The van der Waals surface area contributed by atoms with Gasteiger partial charge in [-0.25, -0.2) is 9.78 Å². The van der Waals surface area contributed by atoms with Gasteiger partial charge in [0.05, 0.1) is 18.2 Å². The number of anilines is 3. The van der Waals surface area contributed by atoms with Crippen molar-refractivity contribution in [2.24, 2.45) is 0 Å². The Hall–Kier alpha value is -3.81. The van der Waals surface area contributed by atoms with Gasteiger partial charge in [0.2, 0.25) is 5.91 Å². The molecular formula is C25H28N4O4. The summed E-state index contributed by atoms with van der Waals surface area (Å²) in [4.78, 5) is 33.1. The van der Waals surface area contributed by atoms with Crippen molar-refractivity contribution in [3.63, 3.8) is 0 Å². The lowest BCUT2D eigenvalue weighted by Gasteiger charge is -2.37. The molecule has 33 heavy (non-hydrogen) atoms. The molecule has 0 spiro atoms. The smallest absolute Gasteiger partial charge is 0.336 e. The normalized spacial score (nSPS) is 13.8. The lowest BCUT2D eigenvalue weighted by molar-refractivity contribution is -0.116. The summed E-state index contributed by atoms with van der Waals surface area (Å²) in [6.07, 6.45) is 1.17. The van der Waals surface area contributed by atoms with E-state index in [2.05, 4.69) is 15.1 Å². The van der Waals surface area contributed by atoms with Crippen LogP contribution in [0.4, 0.5) is 17.2 Å². The molecule has 2 heterocycles. The fraction of sp³-hybridized carbons (Fsp3) is 0.320. The minimum Gasteiger partial charge on any atom is -0.497 e. The second kappa shape index (κ2) is 9.77. The van der Waals surface area contributed by atoms with E-state index in [0.29, 0.717) is 28.8 Å². The number of ether oxygens (including phenoxy) is 1. The summed E-state index contributed by atoms with van der Waals surface area (Å²) in [6, 6.07) is 14.8. The van der Waals surface area contributed by atoms with Crippen LogP contribution in [0.15, 0.2) is 48.5 Å². The number of nitrogens with zero attached hydrogens (tertiary/aromatic N) is 3. The van der Waals surface area contributed by atoms with Gasteiger partial charge in [0, 0.05) is 49.4 Å². The van der Waals surface area contributed by atoms with Crippen molar-refractivity contribution in [2.75, 3.05) is 48.4 Å². The number of benzene rings is 2. The maximum Gasteiger partial charge on any atom is 0.336 e. The number of carboxylic acid groups (broad SMARTS) is 1. The van der Waals surface area contributed by atoms with Gasteiger partial charge in [0.25, 0.3) is 0 Å². The summed E-state index contributed by atoms with van der Waals surface area (Å²) >= 11 is 0. The summed E-state index contributed by atoms with van der Waals surface area (Å²) in [5.74, 6) is 0.370. The number of aromatic carboxylic acids is 1. The highest BCUT2D eigenvalue weighted by Crippen LogP contribution is 2.28. The molecule has 172 valence electrons. The average Bonchev–Trinajstić information content (AvgIpc) is 2.83. The first-order valence-electron chi connectivity index (χ1n) is 11.1. The number of pyridine rings is 1. The minimum absolute atomic E-state index is 0.0898. The number of piperazine rings is 1. The molecule has 0 unspecified atom stereocenters. The second-order valence-corrected chi connectivity index (χ2v) is 8.04. The van der Waals surface area contributed by atoms with Crippen molar-refractivity contribution in [2.45, 2.75) is 19.8 Å². The molecule has 2 N–H and O–H groups in total. The number of fused-ring (bicyclic) bond motifs is 1. The lowest BCUT2D eigenvalue weighted by Crippen LogP contribution is -2.46. The SMILES string of the molecule is CCCC(=O)Nc1ccc2nc(N3CCN(c4ccc(OC)cc4)CC3)cc(C(=O)O)c2c1. The van der Waals surface area contributed by atoms with Crippen LogP contribution in [0.25, 0.3) is 10.9 Å². The summed E-state index contributed by atoms with van der Waals surface area (Å²) in [5.41, 5.74) is 2.48. The van der Waals surface area contributed by atoms with Crippen molar-refractivity contribution in [1.82, 2.24) is 4.98 Å². The van der Waals surface area contributed by atoms with E-state index < -0.39 is 5.97 Å². The Kier molecular flexibility index (Phi) is 6.63.